The van der Waals surface area contributed by atoms with Gasteiger partial charge in [0.15, 0.2) is 0 Å². The Hall–Kier alpha value is -0.870. The van der Waals surface area contributed by atoms with Gasteiger partial charge in [-0.3, -0.25) is 0 Å². The normalized spacial score (nSPS) is 12.4. The summed E-state index contributed by atoms with van der Waals surface area (Å²) in [4.78, 5) is 8.55. The lowest BCUT2D eigenvalue weighted by Crippen LogP contribution is -2.12. The van der Waals surface area contributed by atoms with E-state index in [0.717, 1.165) is 5.56 Å². The molecule has 0 saturated heterocycles. The lowest BCUT2D eigenvalue weighted by molar-refractivity contribution is 0.117. The molecular weight excluding hydrogens is 319 g/mol. The molecule has 1 aromatic carbocycles. The number of ether oxygens (including phenoxy) is 1. The maximum atomic E-state index is 6.23. The van der Waals surface area contributed by atoms with Gasteiger partial charge in [-0.2, -0.15) is 0 Å². The number of hydrogen-bond donors (Lipinski definition) is 0. The SMILES string of the molecule is COC(C)Cc1nc(Cl)c(-c2cccc(Cl)c2)c(Cl)n1. The van der Waals surface area contributed by atoms with Gasteiger partial charge in [-0.1, -0.05) is 46.9 Å². The van der Waals surface area contributed by atoms with Gasteiger partial charge in [-0.25, -0.2) is 9.97 Å². The van der Waals surface area contributed by atoms with Crippen molar-refractivity contribution in [3.63, 3.8) is 0 Å². The minimum atomic E-state index is -0.000784. The van der Waals surface area contributed by atoms with Crippen LogP contribution in [0.2, 0.25) is 15.3 Å². The molecule has 0 spiro atoms. The van der Waals surface area contributed by atoms with Crippen LogP contribution in [0.5, 0.6) is 0 Å². The first-order chi connectivity index (χ1) is 9.51. The molecule has 0 aliphatic heterocycles. The number of methoxy groups -OCH3 is 1. The molecule has 2 rings (SSSR count). The summed E-state index contributed by atoms with van der Waals surface area (Å²) in [6.07, 6.45) is 0.547. The van der Waals surface area contributed by atoms with Crippen molar-refractivity contribution >= 4 is 34.8 Å². The van der Waals surface area contributed by atoms with E-state index in [1.165, 1.54) is 0 Å². The zero-order chi connectivity index (χ0) is 14.7. The molecule has 0 N–H and O–H groups in total. The van der Waals surface area contributed by atoms with E-state index in [1.54, 1.807) is 19.2 Å². The van der Waals surface area contributed by atoms with Crippen molar-refractivity contribution in [2.24, 2.45) is 0 Å². The number of halogens is 3. The van der Waals surface area contributed by atoms with Crippen LogP contribution in [0.1, 0.15) is 12.7 Å². The van der Waals surface area contributed by atoms with Gasteiger partial charge in [0.2, 0.25) is 0 Å². The fourth-order valence-electron chi connectivity index (χ4n) is 1.76. The molecule has 0 amide bonds. The fraction of sp³-hybridized carbons (Fsp3) is 0.286. The molecule has 20 heavy (non-hydrogen) atoms. The van der Waals surface area contributed by atoms with Crippen LogP contribution in [0.25, 0.3) is 11.1 Å². The third kappa shape index (κ3) is 3.61. The van der Waals surface area contributed by atoms with Crippen LogP contribution in [0.15, 0.2) is 24.3 Å². The van der Waals surface area contributed by atoms with E-state index in [4.69, 9.17) is 39.5 Å². The Morgan fingerprint density at radius 1 is 1.15 bits per heavy atom. The first-order valence-electron chi connectivity index (χ1n) is 6.02. The largest absolute Gasteiger partial charge is 0.381 e. The van der Waals surface area contributed by atoms with Crippen molar-refractivity contribution in [3.05, 3.63) is 45.4 Å². The molecule has 0 fully saturated rings. The molecular formula is C14H13Cl3N2O. The maximum Gasteiger partial charge on any atom is 0.142 e. The van der Waals surface area contributed by atoms with E-state index < -0.39 is 0 Å². The van der Waals surface area contributed by atoms with E-state index in [0.29, 0.717) is 33.1 Å². The molecule has 0 aliphatic rings. The second-order valence-corrected chi connectivity index (χ2v) is 5.51. The quantitative estimate of drug-likeness (QED) is 0.763. The third-order valence-corrected chi connectivity index (χ3v) is 3.63. The molecule has 0 aliphatic carbocycles. The van der Waals surface area contributed by atoms with Gasteiger partial charge in [0.05, 0.1) is 11.7 Å². The highest BCUT2D eigenvalue weighted by atomic mass is 35.5. The van der Waals surface area contributed by atoms with Crippen LogP contribution in [0, 0.1) is 0 Å². The topological polar surface area (TPSA) is 35.0 Å². The van der Waals surface area contributed by atoms with Crippen LogP contribution in [0.3, 0.4) is 0 Å². The maximum absolute atomic E-state index is 6.23. The Kier molecular flexibility index (Phi) is 5.22. The average Bonchev–Trinajstić information content (AvgIpc) is 2.37. The van der Waals surface area contributed by atoms with Crippen molar-refractivity contribution < 1.29 is 4.74 Å². The Labute approximate surface area is 132 Å². The summed E-state index contributed by atoms with van der Waals surface area (Å²) in [6, 6.07) is 7.24. The molecule has 3 nitrogen and oxygen atoms in total. The average molecular weight is 332 g/mol. The van der Waals surface area contributed by atoms with E-state index in [2.05, 4.69) is 9.97 Å². The van der Waals surface area contributed by atoms with Gasteiger partial charge in [-0.05, 0) is 24.6 Å². The van der Waals surface area contributed by atoms with Gasteiger partial charge in [-0.15, -0.1) is 0 Å². The van der Waals surface area contributed by atoms with Crippen LogP contribution in [-0.4, -0.2) is 23.2 Å². The number of nitrogens with zero attached hydrogens (tertiary/aromatic N) is 2. The van der Waals surface area contributed by atoms with Gasteiger partial charge >= 0.3 is 0 Å². The molecule has 1 aromatic heterocycles. The smallest absolute Gasteiger partial charge is 0.142 e. The minimum Gasteiger partial charge on any atom is -0.381 e. The van der Waals surface area contributed by atoms with Gasteiger partial charge in [0, 0.05) is 18.6 Å². The number of rotatable bonds is 4. The predicted molar refractivity (Wildman–Crippen MR) is 82.7 cm³/mol. The summed E-state index contributed by atoms with van der Waals surface area (Å²) in [6.45, 7) is 1.93. The zero-order valence-electron chi connectivity index (χ0n) is 11.0. The summed E-state index contributed by atoms with van der Waals surface area (Å²) < 4.78 is 5.18. The van der Waals surface area contributed by atoms with Gasteiger partial charge in [0.25, 0.3) is 0 Å². The third-order valence-electron chi connectivity index (χ3n) is 2.85. The molecule has 1 atom stereocenters. The summed E-state index contributed by atoms with van der Waals surface area (Å²) in [5, 5.41) is 1.22. The van der Waals surface area contributed by atoms with Crippen LogP contribution < -0.4 is 0 Å². The van der Waals surface area contributed by atoms with Crippen LogP contribution in [0.4, 0.5) is 0 Å². The van der Waals surface area contributed by atoms with Crippen molar-refractivity contribution in [1.82, 2.24) is 9.97 Å². The van der Waals surface area contributed by atoms with Crippen LogP contribution >= 0.6 is 34.8 Å². The Balaban J connectivity index is 2.41. The second-order valence-electron chi connectivity index (χ2n) is 4.36. The molecule has 0 bridgehead atoms. The van der Waals surface area contributed by atoms with Crippen molar-refractivity contribution in [1.29, 1.82) is 0 Å². The molecule has 1 unspecified atom stereocenters. The van der Waals surface area contributed by atoms with Crippen molar-refractivity contribution in [2.45, 2.75) is 19.4 Å². The number of hydrogen-bond acceptors (Lipinski definition) is 3. The van der Waals surface area contributed by atoms with Crippen LogP contribution in [-0.2, 0) is 11.2 Å². The summed E-state index contributed by atoms with van der Waals surface area (Å²) >= 11 is 18.4. The highest BCUT2D eigenvalue weighted by Gasteiger charge is 2.15. The monoisotopic (exact) mass is 330 g/mol. The Morgan fingerprint density at radius 2 is 1.80 bits per heavy atom. The molecule has 6 heteroatoms. The van der Waals surface area contributed by atoms with Crippen molar-refractivity contribution in [2.75, 3.05) is 7.11 Å². The summed E-state index contributed by atoms with van der Waals surface area (Å²) in [7, 11) is 1.63. The fourth-order valence-corrected chi connectivity index (χ4v) is 2.59. The number of aromatic nitrogens is 2. The van der Waals surface area contributed by atoms with Crippen molar-refractivity contribution in [3.8, 4) is 11.1 Å². The lowest BCUT2D eigenvalue weighted by atomic mass is 10.1. The van der Waals surface area contributed by atoms with E-state index >= 15 is 0 Å². The highest BCUT2D eigenvalue weighted by Crippen LogP contribution is 2.33. The summed E-state index contributed by atoms with van der Waals surface area (Å²) in [5.74, 6) is 0.556. The Morgan fingerprint density at radius 3 is 2.35 bits per heavy atom. The van der Waals surface area contributed by atoms with E-state index in [9.17, 15) is 0 Å². The first-order valence-corrected chi connectivity index (χ1v) is 7.15. The molecule has 0 saturated carbocycles. The van der Waals surface area contributed by atoms with Gasteiger partial charge < -0.3 is 4.74 Å². The number of benzene rings is 1. The second kappa shape index (κ2) is 6.72. The highest BCUT2D eigenvalue weighted by molar-refractivity contribution is 6.38. The van der Waals surface area contributed by atoms with E-state index in [1.807, 2.05) is 19.1 Å². The first kappa shape index (κ1) is 15.5. The minimum absolute atomic E-state index is 0.000784. The molecule has 1 heterocycles. The van der Waals surface area contributed by atoms with Gasteiger partial charge in [0.1, 0.15) is 16.1 Å². The Bertz CT molecular complexity index is 596. The summed E-state index contributed by atoms with van der Waals surface area (Å²) in [5.41, 5.74) is 1.38. The van der Waals surface area contributed by atoms with E-state index in [-0.39, 0.29) is 6.10 Å². The molecule has 0 radical (unpaired) electrons. The predicted octanol–water partition coefficient (Wildman–Crippen LogP) is 4.68. The molecule has 106 valence electrons. The zero-order valence-corrected chi connectivity index (χ0v) is 13.3. The molecule has 2 aromatic rings. The lowest BCUT2D eigenvalue weighted by Gasteiger charge is -2.11. The standard InChI is InChI=1S/C14H13Cl3N2O/c1-8(20-2)6-11-18-13(16)12(14(17)19-11)9-4-3-5-10(15)7-9/h3-5,7-8H,6H2,1-2H3.